The molecule has 3 heteroatoms. The van der Waals surface area contributed by atoms with Crippen molar-refractivity contribution in [3.05, 3.63) is 28.3 Å². The predicted molar refractivity (Wildman–Crippen MR) is 83.4 cm³/mol. The molecule has 0 unspecified atom stereocenters. The molecule has 2 nitrogen and oxygen atoms in total. The van der Waals surface area contributed by atoms with Gasteiger partial charge < -0.3 is 10.1 Å². The fraction of sp³-hybridized carbons (Fsp3) is 0.625. The van der Waals surface area contributed by atoms with Gasteiger partial charge in [-0.15, -0.1) is 0 Å². The topological polar surface area (TPSA) is 21.3 Å². The first-order valence-corrected chi connectivity index (χ1v) is 7.48. The lowest BCUT2D eigenvalue weighted by Crippen LogP contribution is -2.21. The molecule has 0 amide bonds. The van der Waals surface area contributed by atoms with Crippen LogP contribution in [-0.4, -0.2) is 19.7 Å². The van der Waals surface area contributed by atoms with Crippen LogP contribution in [-0.2, 0) is 0 Å². The number of halogens is 1. The van der Waals surface area contributed by atoms with E-state index in [2.05, 4.69) is 19.2 Å². The van der Waals surface area contributed by atoms with Crippen LogP contribution < -0.4 is 10.1 Å². The number of aryl methyl sites for hydroxylation is 2. The number of rotatable bonds is 8. The van der Waals surface area contributed by atoms with Gasteiger partial charge >= 0.3 is 0 Å². The Morgan fingerprint density at radius 1 is 1.16 bits per heavy atom. The lowest BCUT2D eigenvalue weighted by molar-refractivity contribution is 0.305. The Morgan fingerprint density at radius 2 is 1.79 bits per heavy atom. The van der Waals surface area contributed by atoms with Gasteiger partial charge in [-0.1, -0.05) is 25.4 Å². The van der Waals surface area contributed by atoms with Gasteiger partial charge in [-0.3, -0.25) is 0 Å². The number of unbranched alkanes of at least 4 members (excludes halogenated alkanes) is 1. The van der Waals surface area contributed by atoms with Crippen LogP contribution >= 0.6 is 11.6 Å². The Morgan fingerprint density at radius 3 is 2.37 bits per heavy atom. The zero-order valence-corrected chi connectivity index (χ0v) is 13.3. The highest BCUT2D eigenvalue weighted by Gasteiger charge is 2.03. The quantitative estimate of drug-likeness (QED) is 0.716. The highest BCUT2D eigenvalue weighted by Crippen LogP contribution is 2.25. The zero-order valence-electron chi connectivity index (χ0n) is 12.6. The van der Waals surface area contributed by atoms with Gasteiger partial charge in [0.2, 0.25) is 0 Å². The highest BCUT2D eigenvalue weighted by atomic mass is 35.5. The minimum Gasteiger partial charge on any atom is -0.494 e. The molecule has 0 aliphatic rings. The largest absolute Gasteiger partial charge is 0.494 e. The summed E-state index contributed by atoms with van der Waals surface area (Å²) in [5.41, 5.74) is 2.16. The third kappa shape index (κ3) is 6.31. The summed E-state index contributed by atoms with van der Waals surface area (Å²) >= 11 is 6.13. The molecule has 0 aliphatic carbocycles. The van der Waals surface area contributed by atoms with E-state index in [1.54, 1.807) is 0 Å². The van der Waals surface area contributed by atoms with Gasteiger partial charge in [0.05, 0.1) is 6.61 Å². The van der Waals surface area contributed by atoms with Crippen molar-refractivity contribution in [2.75, 3.05) is 19.7 Å². The second kappa shape index (κ2) is 8.44. The Labute approximate surface area is 122 Å². The van der Waals surface area contributed by atoms with Crippen molar-refractivity contribution in [1.29, 1.82) is 0 Å². The van der Waals surface area contributed by atoms with Crippen molar-refractivity contribution in [3.8, 4) is 5.75 Å². The molecular weight excluding hydrogens is 258 g/mol. The van der Waals surface area contributed by atoms with Gasteiger partial charge in [0.1, 0.15) is 5.75 Å². The average Bonchev–Trinajstić information content (AvgIpc) is 2.34. The minimum atomic E-state index is 0.719. The van der Waals surface area contributed by atoms with E-state index < -0.39 is 0 Å². The Bertz CT molecular complexity index is 367. The second-order valence-corrected chi connectivity index (χ2v) is 5.90. The average molecular weight is 284 g/mol. The summed E-state index contributed by atoms with van der Waals surface area (Å²) in [6.45, 7) is 11.4. The van der Waals surface area contributed by atoms with Crippen LogP contribution in [0.4, 0.5) is 0 Å². The molecule has 1 aromatic rings. The third-order valence-corrected chi connectivity index (χ3v) is 3.58. The van der Waals surface area contributed by atoms with E-state index in [0.717, 1.165) is 60.4 Å². The lowest BCUT2D eigenvalue weighted by atomic mass is 10.1. The fourth-order valence-corrected chi connectivity index (χ4v) is 2.03. The molecule has 0 aromatic heterocycles. The highest BCUT2D eigenvalue weighted by molar-refractivity contribution is 6.32. The van der Waals surface area contributed by atoms with E-state index in [-0.39, 0.29) is 0 Å². The number of hydrogen-bond donors (Lipinski definition) is 1. The second-order valence-electron chi connectivity index (χ2n) is 5.52. The van der Waals surface area contributed by atoms with Gasteiger partial charge in [-0.25, -0.2) is 0 Å². The summed E-state index contributed by atoms with van der Waals surface area (Å²) < 4.78 is 5.76. The molecule has 0 heterocycles. The molecule has 1 rings (SSSR count). The van der Waals surface area contributed by atoms with E-state index in [0.29, 0.717) is 0 Å². The van der Waals surface area contributed by atoms with Crippen molar-refractivity contribution < 1.29 is 4.74 Å². The molecule has 0 atom stereocenters. The SMILES string of the molecule is Cc1cc(OCCCCNCC(C)C)cc(C)c1Cl. The van der Waals surface area contributed by atoms with Crippen LogP contribution in [0.3, 0.4) is 0 Å². The van der Waals surface area contributed by atoms with Gasteiger partial charge in [0, 0.05) is 5.02 Å². The van der Waals surface area contributed by atoms with Crippen molar-refractivity contribution in [2.24, 2.45) is 5.92 Å². The number of ether oxygens (including phenoxy) is 1. The van der Waals surface area contributed by atoms with Crippen LogP contribution in [0.5, 0.6) is 5.75 Å². The maximum atomic E-state index is 6.13. The van der Waals surface area contributed by atoms with Crippen molar-refractivity contribution in [3.63, 3.8) is 0 Å². The summed E-state index contributed by atoms with van der Waals surface area (Å²) in [6, 6.07) is 4.01. The molecule has 1 N–H and O–H groups in total. The summed E-state index contributed by atoms with van der Waals surface area (Å²) in [5.74, 6) is 1.64. The fourth-order valence-electron chi connectivity index (χ4n) is 1.92. The van der Waals surface area contributed by atoms with Gasteiger partial charge in [0.25, 0.3) is 0 Å². The van der Waals surface area contributed by atoms with Crippen LogP contribution in [0.1, 0.15) is 37.8 Å². The summed E-state index contributed by atoms with van der Waals surface area (Å²) in [5, 5.41) is 4.27. The van der Waals surface area contributed by atoms with Crippen molar-refractivity contribution >= 4 is 11.6 Å². The van der Waals surface area contributed by atoms with E-state index in [1.807, 2.05) is 26.0 Å². The number of nitrogens with one attached hydrogen (secondary N) is 1. The number of benzene rings is 1. The summed E-state index contributed by atoms with van der Waals surface area (Å²) in [7, 11) is 0. The smallest absolute Gasteiger partial charge is 0.119 e. The molecule has 1 aromatic carbocycles. The molecule has 0 saturated heterocycles. The van der Waals surface area contributed by atoms with Crippen LogP contribution in [0, 0.1) is 19.8 Å². The van der Waals surface area contributed by atoms with Gasteiger partial charge in [-0.2, -0.15) is 0 Å². The molecular formula is C16H26ClNO. The van der Waals surface area contributed by atoms with Crippen LogP contribution in [0.15, 0.2) is 12.1 Å². The van der Waals surface area contributed by atoms with Crippen LogP contribution in [0.2, 0.25) is 5.02 Å². The van der Waals surface area contributed by atoms with E-state index in [9.17, 15) is 0 Å². The number of hydrogen-bond acceptors (Lipinski definition) is 2. The molecule has 0 radical (unpaired) electrons. The molecule has 0 spiro atoms. The molecule has 108 valence electrons. The normalized spacial score (nSPS) is 11.1. The molecule has 0 fully saturated rings. The molecule has 19 heavy (non-hydrogen) atoms. The molecule has 0 saturated carbocycles. The van der Waals surface area contributed by atoms with E-state index in [1.165, 1.54) is 0 Å². The van der Waals surface area contributed by atoms with Crippen molar-refractivity contribution in [2.45, 2.75) is 40.5 Å². The Hall–Kier alpha value is -0.730. The van der Waals surface area contributed by atoms with E-state index in [4.69, 9.17) is 16.3 Å². The maximum Gasteiger partial charge on any atom is 0.119 e. The van der Waals surface area contributed by atoms with Crippen LogP contribution in [0.25, 0.3) is 0 Å². The Balaban J connectivity index is 2.19. The molecule has 0 aliphatic heterocycles. The van der Waals surface area contributed by atoms with Crippen molar-refractivity contribution in [1.82, 2.24) is 5.32 Å². The Kier molecular flexibility index (Phi) is 7.25. The first kappa shape index (κ1) is 16.3. The molecule has 0 bridgehead atoms. The summed E-state index contributed by atoms with van der Waals surface area (Å²) in [4.78, 5) is 0. The van der Waals surface area contributed by atoms with Gasteiger partial charge in [0.15, 0.2) is 0 Å². The summed E-state index contributed by atoms with van der Waals surface area (Å²) in [6.07, 6.45) is 2.23. The lowest BCUT2D eigenvalue weighted by Gasteiger charge is -2.10. The predicted octanol–water partition coefficient (Wildman–Crippen LogP) is 4.36. The minimum absolute atomic E-state index is 0.719. The first-order valence-electron chi connectivity index (χ1n) is 7.11. The first-order chi connectivity index (χ1) is 9.00. The monoisotopic (exact) mass is 283 g/mol. The van der Waals surface area contributed by atoms with E-state index >= 15 is 0 Å². The standard InChI is InChI=1S/C16H26ClNO/c1-12(2)11-18-7-5-6-8-19-15-9-13(3)16(17)14(4)10-15/h9-10,12,18H,5-8,11H2,1-4H3. The maximum absolute atomic E-state index is 6.13. The van der Waals surface area contributed by atoms with Gasteiger partial charge in [-0.05, 0) is 69.0 Å². The third-order valence-electron chi connectivity index (χ3n) is 2.98. The zero-order chi connectivity index (χ0) is 14.3.